The van der Waals surface area contributed by atoms with Crippen LogP contribution in [0.2, 0.25) is 0 Å². The molecule has 1 aromatic heterocycles. The normalized spacial score (nSPS) is 12.6. The smallest absolute Gasteiger partial charge is 0.231 e. The van der Waals surface area contributed by atoms with E-state index in [-0.39, 0.29) is 6.10 Å². The number of nitrogens with two attached hydrogens (primary N) is 1. The van der Waals surface area contributed by atoms with Gasteiger partial charge >= 0.3 is 0 Å². The number of rotatable bonds is 5. The molecule has 0 spiro atoms. The van der Waals surface area contributed by atoms with Crippen molar-refractivity contribution in [2.75, 3.05) is 12.8 Å². The first kappa shape index (κ1) is 12.6. The first-order valence-corrected chi connectivity index (χ1v) is 5.86. The topological polar surface area (TPSA) is 74.2 Å². The van der Waals surface area contributed by atoms with Crippen molar-refractivity contribution in [3.05, 3.63) is 41.5 Å². The molecule has 0 amide bonds. The van der Waals surface area contributed by atoms with Gasteiger partial charge < -0.3 is 15.0 Å². The van der Waals surface area contributed by atoms with Crippen molar-refractivity contribution >= 4 is 5.69 Å². The summed E-state index contributed by atoms with van der Waals surface area (Å²) in [4.78, 5) is 4.33. The number of ether oxygens (including phenoxy) is 1. The fraction of sp³-hybridized carbons (Fsp3) is 0.385. The monoisotopic (exact) mass is 247 g/mol. The van der Waals surface area contributed by atoms with Gasteiger partial charge in [0.25, 0.3) is 0 Å². The largest absolute Gasteiger partial charge is 0.399 e. The van der Waals surface area contributed by atoms with Gasteiger partial charge in [0.2, 0.25) is 5.89 Å². The maximum absolute atomic E-state index is 5.63. The predicted molar refractivity (Wildman–Crippen MR) is 68.1 cm³/mol. The first-order chi connectivity index (χ1) is 8.67. The Labute approximate surface area is 106 Å². The number of aromatic nitrogens is 2. The van der Waals surface area contributed by atoms with Crippen LogP contribution < -0.4 is 5.73 Å². The zero-order valence-electron chi connectivity index (χ0n) is 10.6. The fourth-order valence-electron chi connectivity index (χ4n) is 1.60. The fourth-order valence-corrected chi connectivity index (χ4v) is 1.60. The lowest BCUT2D eigenvalue weighted by Crippen LogP contribution is -2.09. The number of methoxy groups -OCH3 is 1. The first-order valence-electron chi connectivity index (χ1n) is 5.86. The van der Waals surface area contributed by atoms with E-state index < -0.39 is 0 Å². The van der Waals surface area contributed by atoms with Gasteiger partial charge in [-0.1, -0.05) is 17.3 Å². The van der Waals surface area contributed by atoms with Crippen LogP contribution in [0.25, 0.3) is 0 Å². The lowest BCUT2D eigenvalue weighted by atomic mass is 10.1. The van der Waals surface area contributed by atoms with E-state index in [9.17, 15) is 0 Å². The molecule has 5 heteroatoms. The molecule has 0 fully saturated rings. The van der Waals surface area contributed by atoms with Gasteiger partial charge in [-0.15, -0.1) is 0 Å². The third-order valence-corrected chi connectivity index (χ3v) is 2.72. The molecule has 5 nitrogen and oxygen atoms in total. The Balaban J connectivity index is 2.00. The molecule has 2 aromatic rings. The summed E-state index contributed by atoms with van der Waals surface area (Å²) >= 11 is 0. The molecular weight excluding hydrogens is 230 g/mol. The molecule has 18 heavy (non-hydrogen) atoms. The quantitative estimate of drug-likeness (QED) is 0.816. The Morgan fingerprint density at radius 1 is 1.33 bits per heavy atom. The Kier molecular flexibility index (Phi) is 3.94. The average molecular weight is 247 g/mol. The van der Waals surface area contributed by atoms with E-state index in [1.807, 2.05) is 31.2 Å². The molecule has 1 unspecified atom stereocenters. The second-order valence-electron chi connectivity index (χ2n) is 4.27. The van der Waals surface area contributed by atoms with E-state index >= 15 is 0 Å². The van der Waals surface area contributed by atoms with Crippen molar-refractivity contribution in [3.8, 4) is 0 Å². The summed E-state index contributed by atoms with van der Waals surface area (Å²) in [5.74, 6) is 1.29. The van der Waals surface area contributed by atoms with Gasteiger partial charge in [-0.2, -0.15) is 4.98 Å². The Bertz CT molecular complexity index is 493. The Morgan fingerprint density at radius 3 is 2.72 bits per heavy atom. The average Bonchev–Trinajstić information content (AvgIpc) is 2.79. The van der Waals surface area contributed by atoms with Crippen LogP contribution in [-0.2, 0) is 17.6 Å². The van der Waals surface area contributed by atoms with Gasteiger partial charge in [-0.3, -0.25) is 0 Å². The molecule has 2 rings (SSSR count). The van der Waals surface area contributed by atoms with Crippen LogP contribution in [-0.4, -0.2) is 23.4 Å². The molecule has 0 aliphatic heterocycles. The van der Waals surface area contributed by atoms with Crippen molar-refractivity contribution in [3.63, 3.8) is 0 Å². The standard InChI is InChI=1S/C13H17N3O2/c1-9(17-2)7-12-15-13(18-16-12)8-10-3-5-11(14)6-4-10/h3-6,9H,7-8,14H2,1-2H3. The molecule has 0 saturated heterocycles. The third kappa shape index (κ3) is 3.30. The van der Waals surface area contributed by atoms with E-state index in [1.54, 1.807) is 7.11 Å². The number of hydrogen-bond acceptors (Lipinski definition) is 5. The summed E-state index contributed by atoms with van der Waals surface area (Å²) in [6.07, 6.45) is 1.36. The SMILES string of the molecule is COC(C)Cc1noc(Cc2ccc(N)cc2)n1. The van der Waals surface area contributed by atoms with Crippen molar-refractivity contribution < 1.29 is 9.26 Å². The number of nitrogens with zero attached hydrogens (tertiary/aromatic N) is 2. The van der Waals surface area contributed by atoms with Crippen LogP contribution in [0, 0.1) is 0 Å². The molecular formula is C13H17N3O2. The van der Waals surface area contributed by atoms with Gasteiger partial charge in [-0.05, 0) is 24.6 Å². The molecule has 96 valence electrons. The molecule has 0 aliphatic rings. The number of hydrogen-bond donors (Lipinski definition) is 1. The Morgan fingerprint density at radius 2 is 2.06 bits per heavy atom. The van der Waals surface area contributed by atoms with Crippen molar-refractivity contribution in [1.82, 2.24) is 10.1 Å². The van der Waals surface area contributed by atoms with E-state index in [0.29, 0.717) is 24.6 Å². The number of nitrogen functional groups attached to an aromatic ring is 1. The molecule has 2 N–H and O–H groups in total. The van der Waals surface area contributed by atoms with Crippen LogP contribution in [0.5, 0.6) is 0 Å². The summed E-state index contributed by atoms with van der Waals surface area (Å²) in [6.45, 7) is 1.97. The van der Waals surface area contributed by atoms with Crippen molar-refractivity contribution in [1.29, 1.82) is 0 Å². The minimum atomic E-state index is 0.0898. The zero-order valence-corrected chi connectivity index (χ0v) is 10.6. The highest BCUT2D eigenvalue weighted by atomic mass is 16.5. The maximum atomic E-state index is 5.63. The van der Waals surface area contributed by atoms with E-state index in [4.69, 9.17) is 15.0 Å². The van der Waals surface area contributed by atoms with E-state index in [0.717, 1.165) is 11.3 Å². The minimum absolute atomic E-state index is 0.0898. The van der Waals surface area contributed by atoms with Crippen LogP contribution in [0.1, 0.15) is 24.2 Å². The summed E-state index contributed by atoms with van der Waals surface area (Å²) in [5.41, 5.74) is 7.47. The second-order valence-corrected chi connectivity index (χ2v) is 4.27. The Hall–Kier alpha value is -1.88. The molecule has 1 aromatic carbocycles. The van der Waals surface area contributed by atoms with Gasteiger partial charge in [0.05, 0.1) is 12.5 Å². The third-order valence-electron chi connectivity index (χ3n) is 2.72. The molecule has 1 heterocycles. The van der Waals surface area contributed by atoms with Gasteiger partial charge in [0.1, 0.15) is 0 Å². The minimum Gasteiger partial charge on any atom is -0.399 e. The van der Waals surface area contributed by atoms with Crippen molar-refractivity contribution in [2.24, 2.45) is 0 Å². The maximum Gasteiger partial charge on any atom is 0.231 e. The molecule has 0 bridgehead atoms. The number of benzene rings is 1. The molecule has 1 atom stereocenters. The van der Waals surface area contributed by atoms with Crippen LogP contribution >= 0.6 is 0 Å². The lowest BCUT2D eigenvalue weighted by Gasteiger charge is -2.03. The van der Waals surface area contributed by atoms with Gasteiger partial charge in [-0.25, -0.2) is 0 Å². The lowest BCUT2D eigenvalue weighted by molar-refractivity contribution is 0.116. The summed E-state index contributed by atoms with van der Waals surface area (Å²) in [7, 11) is 1.67. The van der Waals surface area contributed by atoms with E-state index in [1.165, 1.54) is 0 Å². The zero-order chi connectivity index (χ0) is 13.0. The van der Waals surface area contributed by atoms with E-state index in [2.05, 4.69) is 10.1 Å². The highest BCUT2D eigenvalue weighted by Crippen LogP contribution is 2.11. The summed E-state index contributed by atoms with van der Waals surface area (Å²) in [5, 5.41) is 3.93. The summed E-state index contributed by atoms with van der Waals surface area (Å²) < 4.78 is 10.4. The number of anilines is 1. The summed E-state index contributed by atoms with van der Waals surface area (Å²) in [6, 6.07) is 7.63. The second kappa shape index (κ2) is 5.64. The van der Waals surface area contributed by atoms with Crippen LogP contribution in [0.3, 0.4) is 0 Å². The van der Waals surface area contributed by atoms with Crippen molar-refractivity contribution in [2.45, 2.75) is 25.9 Å². The van der Waals surface area contributed by atoms with Gasteiger partial charge in [0.15, 0.2) is 5.82 Å². The van der Waals surface area contributed by atoms with Crippen LogP contribution in [0.15, 0.2) is 28.8 Å². The van der Waals surface area contributed by atoms with Crippen LogP contribution in [0.4, 0.5) is 5.69 Å². The molecule has 0 radical (unpaired) electrons. The highest BCUT2D eigenvalue weighted by molar-refractivity contribution is 5.39. The molecule has 0 saturated carbocycles. The van der Waals surface area contributed by atoms with Gasteiger partial charge in [0, 0.05) is 19.2 Å². The molecule has 0 aliphatic carbocycles. The highest BCUT2D eigenvalue weighted by Gasteiger charge is 2.10. The predicted octanol–water partition coefficient (Wildman–Crippen LogP) is 1.82.